The number of rotatable bonds is 11. The molecule has 1 unspecified atom stereocenters. The Morgan fingerprint density at radius 1 is 1.26 bits per heavy atom. The number of nitrogens with one attached hydrogen (secondary N) is 2. The predicted octanol–water partition coefficient (Wildman–Crippen LogP) is 4.03. The van der Waals surface area contributed by atoms with Crippen LogP contribution in [0.3, 0.4) is 0 Å². The van der Waals surface area contributed by atoms with Gasteiger partial charge >= 0.3 is 0 Å². The van der Waals surface area contributed by atoms with Crippen molar-refractivity contribution in [3.05, 3.63) is 22.4 Å². The summed E-state index contributed by atoms with van der Waals surface area (Å²) in [5.41, 5.74) is -0.924. The van der Waals surface area contributed by atoms with E-state index in [0.717, 1.165) is 49.8 Å². The largest absolute Gasteiger partial charge is 0.383 e. The topological polar surface area (TPSA) is 65.9 Å². The molecule has 1 aromatic rings. The highest BCUT2D eigenvalue weighted by Gasteiger charge is 2.23. The molecule has 1 fully saturated rings. The van der Waals surface area contributed by atoms with Gasteiger partial charge in [0.05, 0.1) is 12.6 Å². The average molecular weight is 396 g/mol. The monoisotopic (exact) mass is 395 g/mol. The van der Waals surface area contributed by atoms with E-state index in [2.05, 4.69) is 22.5 Å². The third kappa shape index (κ3) is 8.62. The zero-order valence-corrected chi connectivity index (χ0v) is 17.8. The van der Waals surface area contributed by atoms with Crippen molar-refractivity contribution in [1.29, 1.82) is 0 Å². The Balaban J connectivity index is 1.60. The third-order valence-corrected chi connectivity index (χ3v) is 6.08. The second-order valence-corrected chi connectivity index (χ2v) is 8.51. The Kier molecular flexibility index (Phi) is 10.2. The maximum Gasteiger partial charge on any atom is 0.191 e. The van der Waals surface area contributed by atoms with Gasteiger partial charge in [-0.1, -0.05) is 25.3 Å². The molecule has 6 heteroatoms. The van der Waals surface area contributed by atoms with Gasteiger partial charge in [0.1, 0.15) is 5.60 Å². The average Bonchev–Trinajstić information content (AvgIpc) is 3.22. The van der Waals surface area contributed by atoms with Crippen LogP contribution in [-0.2, 0) is 10.3 Å². The molecule has 1 heterocycles. The van der Waals surface area contributed by atoms with Crippen LogP contribution >= 0.6 is 11.3 Å². The van der Waals surface area contributed by atoms with E-state index in [0.29, 0.717) is 12.6 Å². The Morgan fingerprint density at radius 3 is 2.78 bits per heavy atom. The number of nitrogens with zero attached hydrogens (tertiary/aromatic N) is 1. The van der Waals surface area contributed by atoms with Crippen LogP contribution in [0.5, 0.6) is 0 Å². The minimum Gasteiger partial charge on any atom is -0.383 e. The van der Waals surface area contributed by atoms with Gasteiger partial charge in [0.2, 0.25) is 0 Å². The zero-order valence-electron chi connectivity index (χ0n) is 17.0. The molecule has 0 aliphatic heterocycles. The molecule has 2 rings (SSSR count). The molecule has 1 aromatic heterocycles. The fourth-order valence-corrected chi connectivity index (χ4v) is 4.11. The maximum atomic E-state index is 10.6. The van der Waals surface area contributed by atoms with Crippen LogP contribution in [0, 0.1) is 0 Å². The second kappa shape index (κ2) is 12.4. The summed E-state index contributed by atoms with van der Waals surface area (Å²) in [4.78, 5) is 5.51. The van der Waals surface area contributed by atoms with Crippen molar-refractivity contribution in [2.75, 3.05) is 26.2 Å². The quantitative estimate of drug-likeness (QED) is 0.301. The molecule has 1 saturated carbocycles. The molecule has 0 bridgehead atoms. The highest BCUT2D eigenvalue weighted by molar-refractivity contribution is 7.10. The molecule has 1 aliphatic rings. The smallest absolute Gasteiger partial charge is 0.191 e. The lowest BCUT2D eigenvalue weighted by molar-refractivity contribution is 0.0264. The summed E-state index contributed by atoms with van der Waals surface area (Å²) in [5, 5.41) is 19.2. The zero-order chi connectivity index (χ0) is 19.4. The molecule has 1 aliphatic carbocycles. The van der Waals surface area contributed by atoms with Crippen LogP contribution in [0.1, 0.15) is 70.1 Å². The van der Waals surface area contributed by atoms with Crippen molar-refractivity contribution in [2.24, 2.45) is 4.99 Å². The van der Waals surface area contributed by atoms with Gasteiger partial charge < -0.3 is 20.5 Å². The molecular weight excluding hydrogens is 358 g/mol. The van der Waals surface area contributed by atoms with E-state index in [9.17, 15) is 5.11 Å². The summed E-state index contributed by atoms with van der Waals surface area (Å²) in [7, 11) is 0. The van der Waals surface area contributed by atoms with E-state index in [1.54, 1.807) is 11.3 Å². The van der Waals surface area contributed by atoms with Gasteiger partial charge in [-0.3, -0.25) is 0 Å². The molecule has 0 spiro atoms. The van der Waals surface area contributed by atoms with E-state index in [-0.39, 0.29) is 0 Å². The minimum absolute atomic E-state index is 0.345. The van der Waals surface area contributed by atoms with Crippen LogP contribution in [-0.4, -0.2) is 43.4 Å². The Labute approximate surface area is 168 Å². The number of aliphatic hydroxyl groups is 1. The first-order chi connectivity index (χ1) is 13.1. The van der Waals surface area contributed by atoms with Gasteiger partial charge in [-0.15, -0.1) is 11.3 Å². The Hall–Kier alpha value is -1.11. The van der Waals surface area contributed by atoms with Crippen molar-refractivity contribution in [3.8, 4) is 0 Å². The van der Waals surface area contributed by atoms with E-state index >= 15 is 0 Å². The highest BCUT2D eigenvalue weighted by Crippen LogP contribution is 2.25. The van der Waals surface area contributed by atoms with Crippen molar-refractivity contribution >= 4 is 17.3 Å². The van der Waals surface area contributed by atoms with Crippen LogP contribution in [0.25, 0.3) is 0 Å². The van der Waals surface area contributed by atoms with E-state index in [4.69, 9.17) is 4.74 Å². The number of aliphatic imine (C=N–C) groups is 1. The van der Waals surface area contributed by atoms with Crippen molar-refractivity contribution < 1.29 is 9.84 Å². The second-order valence-electron chi connectivity index (χ2n) is 7.56. The molecule has 154 valence electrons. The molecule has 0 radical (unpaired) electrons. The summed E-state index contributed by atoms with van der Waals surface area (Å²) in [6.45, 7) is 6.80. The molecule has 1 atom stereocenters. The lowest BCUT2D eigenvalue weighted by Gasteiger charge is -2.22. The maximum absolute atomic E-state index is 10.6. The predicted molar refractivity (Wildman–Crippen MR) is 115 cm³/mol. The summed E-state index contributed by atoms with van der Waals surface area (Å²) < 4.78 is 5.98. The number of unbranched alkanes of at least 4 members (excludes halogenated alkanes) is 2. The lowest BCUT2D eigenvalue weighted by Crippen LogP contribution is -2.39. The first-order valence-corrected chi connectivity index (χ1v) is 11.4. The number of guanidine groups is 1. The highest BCUT2D eigenvalue weighted by atomic mass is 32.1. The van der Waals surface area contributed by atoms with Gasteiger partial charge in [0.25, 0.3) is 0 Å². The Morgan fingerprint density at radius 2 is 2.07 bits per heavy atom. The normalized spacial score (nSPS) is 18.3. The lowest BCUT2D eigenvalue weighted by atomic mass is 9.98. The van der Waals surface area contributed by atoms with E-state index in [1.807, 2.05) is 24.4 Å². The molecule has 5 nitrogen and oxygen atoms in total. The molecule has 0 amide bonds. The van der Waals surface area contributed by atoms with Gasteiger partial charge in [0, 0.05) is 24.6 Å². The standard InChI is InChI=1S/C21H37N3O2S/c1-3-22-20(24-17-21(2,25)19-13-10-16-27-19)23-14-8-5-9-15-26-18-11-6-4-7-12-18/h10,13,16,18,25H,3-9,11-12,14-15,17H2,1-2H3,(H2,22,23,24). The van der Waals surface area contributed by atoms with Crippen LogP contribution in [0.15, 0.2) is 22.5 Å². The first-order valence-electron chi connectivity index (χ1n) is 10.5. The minimum atomic E-state index is -0.924. The van der Waals surface area contributed by atoms with Gasteiger partial charge in [-0.25, -0.2) is 4.99 Å². The third-order valence-electron chi connectivity index (χ3n) is 4.96. The summed E-state index contributed by atoms with van der Waals surface area (Å²) in [5.74, 6) is 0.771. The summed E-state index contributed by atoms with van der Waals surface area (Å²) in [6.07, 6.45) is 10.4. The van der Waals surface area contributed by atoms with Crippen molar-refractivity contribution in [1.82, 2.24) is 10.6 Å². The van der Waals surface area contributed by atoms with Crippen molar-refractivity contribution in [3.63, 3.8) is 0 Å². The van der Waals surface area contributed by atoms with Gasteiger partial charge in [-0.2, -0.15) is 0 Å². The van der Waals surface area contributed by atoms with Gasteiger partial charge in [0.15, 0.2) is 5.96 Å². The van der Waals surface area contributed by atoms with Crippen molar-refractivity contribution in [2.45, 2.75) is 76.9 Å². The molecular formula is C21H37N3O2S. The Bertz CT molecular complexity index is 526. The molecule has 0 aromatic carbocycles. The molecule has 27 heavy (non-hydrogen) atoms. The fraction of sp³-hybridized carbons (Fsp3) is 0.762. The van der Waals surface area contributed by atoms with Crippen LogP contribution in [0.4, 0.5) is 0 Å². The first kappa shape index (κ1) is 22.2. The number of ether oxygens (including phenoxy) is 1. The molecule has 0 saturated heterocycles. The number of hydrogen-bond acceptors (Lipinski definition) is 4. The van der Waals surface area contributed by atoms with Crippen LogP contribution < -0.4 is 10.6 Å². The summed E-state index contributed by atoms with van der Waals surface area (Å²) >= 11 is 1.56. The SMILES string of the molecule is CCNC(=NCC(C)(O)c1cccs1)NCCCCCOC1CCCCC1. The van der Waals surface area contributed by atoms with Crippen LogP contribution in [0.2, 0.25) is 0 Å². The molecule has 3 N–H and O–H groups in total. The van der Waals surface area contributed by atoms with E-state index in [1.165, 1.54) is 32.1 Å². The number of thiophene rings is 1. The summed E-state index contributed by atoms with van der Waals surface area (Å²) in [6, 6.07) is 3.91. The van der Waals surface area contributed by atoms with E-state index < -0.39 is 5.60 Å². The fourth-order valence-electron chi connectivity index (χ4n) is 3.33. The number of hydrogen-bond donors (Lipinski definition) is 3. The van der Waals surface area contributed by atoms with Gasteiger partial charge in [-0.05, 0) is 57.4 Å².